The number of alkyl halides is 3. The molecular formula is C12H10F3NO2S. The van der Waals surface area contributed by atoms with Gasteiger partial charge in [0.15, 0.2) is 0 Å². The topological polar surface area (TPSA) is 63.3 Å². The van der Waals surface area contributed by atoms with Crippen molar-refractivity contribution in [2.45, 2.75) is 12.1 Å². The Hall–Kier alpha value is -1.60. The van der Waals surface area contributed by atoms with Gasteiger partial charge in [0, 0.05) is 11.2 Å². The maximum absolute atomic E-state index is 12.6. The summed E-state index contributed by atoms with van der Waals surface area (Å²) in [5.74, 6) is -1.99. The first-order valence-corrected chi connectivity index (χ1v) is 6.18. The van der Waals surface area contributed by atoms with Crippen molar-refractivity contribution in [2.75, 3.05) is 6.54 Å². The molecule has 0 amide bonds. The van der Waals surface area contributed by atoms with Gasteiger partial charge in [-0.05, 0) is 29.1 Å². The van der Waals surface area contributed by atoms with Crippen LogP contribution < -0.4 is 5.73 Å². The normalized spacial score (nSPS) is 13.7. The largest absolute Gasteiger partial charge is 0.481 e. The number of halogens is 3. The molecule has 2 rings (SSSR count). The van der Waals surface area contributed by atoms with E-state index in [0.29, 0.717) is 27.0 Å². The van der Waals surface area contributed by atoms with Crippen LogP contribution in [0.2, 0.25) is 0 Å². The van der Waals surface area contributed by atoms with Gasteiger partial charge in [-0.3, -0.25) is 4.79 Å². The summed E-state index contributed by atoms with van der Waals surface area (Å²) in [5, 5.41) is 9.36. The lowest BCUT2D eigenvalue weighted by molar-refractivity contribution is -0.138. The number of thiophene rings is 1. The third-order valence-electron chi connectivity index (χ3n) is 2.76. The van der Waals surface area contributed by atoms with Gasteiger partial charge in [0.1, 0.15) is 4.88 Å². The molecule has 7 heteroatoms. The average Bonchev–Trinajstić information content (AvgIpc) is 2.72. The van der Waals surface area contributed by atoms with Gasteiger partial charge in [-0.2, -0.15) is 13.2 Å². The van der Waals surface area contributed by atoms with Crippen LogP contribution in [0.15, 0.2) is 24.3 Å². The summed E-state index contributed by atoms with van der Waals surface area (Å²) in [4.78, 5) is 10.3. The molecule has 0 spiro atoms. The number of carboxylic acid groups (broad SMARTS) is 1. The second-order valence-electron chi connectivity index (χ2n) is 4.03. The van der Waals surface area contributed by atoms with Crippen LogP contribution in [0.3, 0.4) is 0 Å². The minimum Gasteiger partial charge on any atom is -0.481 e. The van der Waals surface area contributed by atoms with E-state index in [9.17, 15) is 18.0 Å². The Balaban J connectivity index is 2.49. The van der Waals surface area contributed by atoms with Crippen molar-refractivity contribution < 1.29 is 23.1 Å². The SMILES string of the molecule is NCC(C(=O)O)c1ccc2sc(C(F)(F)F)cc2c1. The highest BCUT2D eigenvalue weighted by atomic mass is 32.1. The van der Waals surface area contributed by atoms with Crippen molar-refractivity contribution in [3.63, 3.8) is 0 Å². The van der Waals surface area contributed by atoms with Crippen LogP contribution in [0, 0.1) is 0 Å². The molecule has 0 radical (unpaired) electrons. The molecule has 2 aromatic rings. The summed E-state index contributed by atoms with van der Waals surface area (Å²) < 4.78 is 38.2. The van der Waals surface area contributed by atoms with Crippen molar-refractivity contribution in [1.82, 2.24) is 0 Å². The zero-order valence-corrected chi connectivity index (χ0v) is 10.4. The van der Waals surface area contributed by atoms with E-state index >= 15 is 0 Å². The Kier molecular flexibility index (Phi) is 3.51. The van der Waals surface area contributed by atoms with Crippen molar-refractivity contribution >= 4 is 27.4 Å². The number of carbonyl (C=O) groups is 1. The Morgan fingerprint density at radius 2 is 2.05 bits per heavy atom. The number of nitrogens with two attached hydrogens (primary N) is 1. The summed E-state index contributed by atoms with van der Waals surface area (Å²) in [6.07, 6.45) is -4.39. The highest BCUT2D eigenvalue weighted by molar-refractivity contribution is 7.19. The lowest BCUT2D eigenvalue weighted by Gasteiger charge is -2.09. The number of hydrogen-bond acceptors (Lipinski definition) is 3. The molecule has 0 bridgehead atoms. The van der Waals surface area contributed by atoms with Gasteiger partial charge < -0.3 is 10.8 Å². The fourth-order valence-electron chi connectivity index (χ4n) is 1.80. The molecule has 0 fully saturated rings. The number of hydrogen-bond donors (Lipinski definition) is 2. The maximum Gasteiger partial charge on any atom is 0.425 e. The van der Waals surface area contributed by atoms with Gasteiger partial charge in [-0.1, -0.05) is 6.07 Å². The van der Waals surface area contributed by atoms with Gasteiger partial charge in [0.25, 0.3) is 0 Å². The molecule has 0 aliphatic heterocycles. The van der Waals surface area contributed by atoms with Crippen LogP contribution in [0.1, 0.15) is 16.4 Å². The van der Waals surface area contributed by atoms with Crippen LogP contribution >= 0.6 is 11.3 Å². The lowest BCUT2D eigenvalue weighted by atomic mass is 9.98. The predicted octanol–water partition coefficient (Wildman–Crippen LogP) is 3.05. The molecule has 19 heavy (non-hydrogen) atoms. The lowest BCUT2D eigenvalue weighted by Crippen LogP contribution is -2.20. The molecule has 1 atom stereocenters. The minimum absolute atomic E-state index is 0.100. The first-order valence-electron chi connectivity index (χ1n) is 5.36. The molecular weight excluding hydrogens is 279 g/mol. The highest BCUT2D eigenvalue weighted by Gasteiger charge is 2.32. The second kappa shape index (κ2) is 4.82. The van der Waals surface area contributed by atoms with E-state index < -0.39 is 22.9 Å². The molecule has 1 unspecified atom stereocenters. The van der Waals surface area contributed by atoms with E-state index in [1.54, 1.807) is 0 Å². The van der Waals surface area contributed by atoms with E-state index in [0.717, 1.165) is 6.07 Å². The zero-order valence-electron chi connectivity index (χ0n) is 9.57. The molecule has 0 aliphatic carbocycles. The Bertz CT molecular complexity index is 621. The fraction of sp³-hybridized carbons (Fsp3) is 0.250. The standard InChI is InChI=1S/C12H10F3NO2S/c13-12(14,15)10-4-7-3-6(1-2-9(7)19-10)8(5-16)11(17)18/h1-4,8H,5,16H2,(H,17,18). The van der Waals surface area contributed by atoms with Gasteiger partial charge in [0.2, 0.25) is 0 Å². The third kappa shape index (κ3) is 2.71. The number of rotatable bonds is 3. The fourth-order valence-corrected chi connectivity index (χ4v) is 2.71. The Morgan fingerprint density at radius 1 is 1.37 bits per heavy atom. The summed E-state index contributed by atoms with van der Waals surface area (Å²) >= 11 is 0.637. The van der Waals surface area contributed by atoms with Crippen molar-refractivity contribution in [2.24, 2.45) is 5.73 Å². The molecule has 3 nitrogen and oxygen atoms in total. The van der Waals surface area contributed by atoms with Crippen molar-refractivity contribution in [3.8, 4) is 0 Å². The second-order valence-corrected chi connectivity index (χ2v) is 5.12. The Labute approximate surface area is 110 Å². The number of aliphatic carboxylic acids is 1. The number of benzene rings is 1. The first-order chi connectivity index (χ1) is 8.82. The van der Waals surface area contributed by atoms with Gasteiger partial charge in [0.05, 0.1) is 5.92 Å². The van der Waals surface area contributed by atoms with Crippen LogP contribution in [-0.2, 0) is 11.0 Å². The first kappa shape index (κ1) is 13.8. The molecule has 1 aromatic heterocycles. The van der Waals surface area contributed by atoms with Crippen LogP contribution in [0.5, 0.6) is 0 Å². The molecule has 0 saturated carbocycles. The zero-order chi connectivity index (χ0) is 14.2. The van der Waals surface area contributed by atoms with E-state index in [2.05, 4.69) is 0 Å². The van der Waals surface area contributed by atoms with Gasteiger partial charge in [-0.25, -0.2) is 0 Å². The molecule has 1 heterocycles. The van der Waals surface area contributed by atoms with Gasteiger partial charge in [-0.15, -0.1) is 11.3 Å². The number of fused-ring (bicyclic) bond motifs is 1. The quantitative estimate of drug-likeness (QED) is 0.912. The third-order valence-corrected chi connectivity index (χ3v) is 3.92. The van der Waals surface area contributed by atoms with E-state index in [1.165, 1.54) is 18.2 Å². The maximum atomic E-state index is 12.6. The smallest absolute Gasteiger partial charge is 0.425 e. The van der Waals surface area contributed by atoms with E-state index in [-0.39, 0.29) is 6.54 Å². The molecule has 3 N–H and O–H groups in total. The van der Waals surface area contributed by atoms with Crippen LogP contribution in [0.4, 0.5) is 13.2 Å². The average molecular weight is 289 g/mol. The molecule has 0 saturated heterocycles. The summed E-state index contributed by atoms with van der Waals surface area (Å²) in [6, 6.07) is 5.48. The predicted molar refractivity (Wildman–Crippen MR) is 66.3 cm³/mol. The Morgan fingerprint density at radius 3 is 2.58 bits per heavy atom. The molecule has 0 aliphatic rings. The van der Waals surface area contributed by atoms with Crippen molar-refractivity contribution in [3.05, 3.63) is 34.7 Å². The summed E-state index contributed by atoms with van der Waals surface area (Å²) in [7, 11) is 0. The summed E-state index contributed by atoms with van der Waals surface area (Å²) in [5.41, 5.74) is 5.78. The van der Waals surface area contributed by atoms with Crippen LogP contribution in [-0.4, -0.2) is 17.6 Å². The van der Waals surface area contributed by atoms with Crippen molar-refractivity contribution in [1.29, 1.82) is 0 Å². The highest BCUT2D eigenvalue weighted by Crippen LogP contribution is 2.38. The molecule has 1 aromatic carbocycles. The monoisotopic (exact) mass is 289 g/mol. The van der Waals surface area contributed by atoms with E-state index in [1.807, 2.05) is 0 Å². The minimum atomic E-state index is -4.39. The molecule has 102 valence electrons. The van der Waals surface area contributed by atoms with Gasteiger partial charge >= 0.3 is 12.1 Å². The number of carboxylic acids is 1. The van der Waals surface area contributed by atoms with E-state index in [4.69, 9.17) is 10.8 Å². The van der Waals surface area contributed by atoms with Crippen LogP contribution in [0.25, 0.3) is 10.1 Å². The summed E-state index contributed by atoms with van der Waals surface area (Å²) in [6.45, 7) is -0.100.